The van der Waals surface area contributed by atoms with Gasteiger partial charge in [-0.2, -0.15) is 4.31 Å². The van der Waals surface area contributed by atoms with E-state index in [0.717, 1.165) is 9.75 Å². The van der Waals surface area contributed by atoms with Gasteiger partial charge >= 0.3 is 0 Å². The standard InChI is InChI=1S/C19H23ClN2O3S3/c1-3-10-21(13-16-7-8-17(20)27-16)19(23)15-5-4-11-22(12-15)28(24,25)18-9-6-14(2)26-18/h3,6-9,15H,1,4-5,10-13H2,2H3. The van der Waals surface area contributed by atoms with Crippen LogP contribution < -0.4 is 0 Å². The van der Waals surface area contributed by atoms with Gasteiger partial charge in [0.2, 0.25) is 5.91 Å². The van der Waals surface area contributed by atoms with Crippen molar-refractivity contribution in [3.05, 3.63) is 51.0 Å². The van der Waals surface area contributed by atoms with Gasteiger partial charge in [0.15, 0.2) is 0 Å². The average Bonchev–Trinajstić information content (AvgIpc) is 3.29. The van der Waals surface area contributed by atoms with Gasteiger partial charge in [0.25, 0.3) is 10.0 Å². The molecule has 0 saturated carbocycles. The van der Waals surface area contributed by atoms with Crippen molar-refractivity contribution >= 4 is 50.2 Å². The summed E-state index contributed by atoms with van der Waals surface area (Å²) in [5, 5.41) is 0. The van der Waals surface area contributed by atoms with Crippen LogP contribution in [0.3, 0.4) is 0 Å². The van der Waals surface area contributed by atoms with Gasteiger partial charge in [0, 0.05) is 29.4 Å². The lowest BCUT2D eigenvalue weighted by atomic mass is 9.98. The van der Waals surface area contributed by atoms with E-state index in [0.29, 0.717) is 41.0 Å². The maximum Gasteiger partial charge on any atom is 0.252 e. The van der Waals surface area contributed by atoms with Gasteiger partial charge in [-0.3, -0.25) is 4.79 Å². The van der Waals surface area contributed by atoms with Crippen LogP contribution in [0.2, 0.25) is 4.34 Å². The van der Waals surface area contributed by atoms with E-state index in [2.05, 4.69) is 6.58 Å². The van der Waals surface area contributed by atoms with Gasteiger partial charge in [-0.25, -0.2) is 8.42 Å². The van der Waals surface area contributed by atoms with Crippen molar-refractivity contribution in [2.45, 2.75) is 30.5 Å². The highest BCUT2D eigenvalue weighted by atomic mass is 35.5. The van der Waals surface area contributed by atoms with E-state index in [-0.39, 0.29) is 18.4 Å². The maximum absolute atomic E-state index is 13.1. The predicted octanol–water partition coefficient (Wildman–Crippen LogP) is 4.39. The zero-order chi connectivity index (χ0) is 20.3. The summed E-state index contributed by atoms with van der Waals surface area (Å²) < 4.78 is 28.4. The quantitative estimate of drug-likeness (QED) is 0.578. The van der Waals surface area contributed by atoms with Crippen LogP contribution in [0.15, 0.2) is 41.1 Å². The van der Waals surface area contributed by atoms with Crippen molar-refractivity contribution in [2.75, 3.05) is 19.6 Å². The first-order valence-corrected chi connectivity index (χ1v) is 12.5. The highest BCUT2D eigenvalue weighted by Gasteiger charge is 2.35. The lowest BCUT2D eigenvalue weighted by molar-refractivity contribution is -0.136. The average molecular weight is 459 g/mol. The maximum atomic E-state index is 13.1. The van der Waals surface area contributed by atoms with Crippen LogP contribution in [0.4, 0.5) is 0 Å². The number of hydrogen-bond acceptors (Lipinski definition) is 5. The van der Waals surface area contributed by atoms with E-state index in [4.69, 9.17) is 11.6 Å². The second kappa shape index (κ2) is 9.09. The molecule has 1 aliphatic rings. The number of sulfonamides is 1. The second-order valence-electron chi connectivity index (χ2n) is 6.78. The van der Waals surface area contributed by atoms with Crippen LogP contribution in [0, 0.1) is 12.8 Å². The molecule has 1 amide bonds. The minimum Gasteiger partial charge on any atom is -0.334 e. The van der Waals surface area contributed by atoms with Gasteiger partial charge in [-0.15, -0.1) is 29.3 Å². The molecule has 5 nitrogen and oxygen atoms in total. The monoisotopic (exact) mass is 458 g/mol. The number of amides is 1. The summed E-state index contributed by atoms with van der Waals surface area (Å²) in [6.45, 7) is 7.18. The van der Waals surface area contributed by atoms with E-state index in [1.807, 2.05) is 25.1 Å². The molecule has 28 heavy (non-hydrogen) atoms. The zero-order valence-electron chi connectivity index (χ0n) is 15.6. The first-order chi connectivity index (χ1) is 13.3. The molecule has 0 aliphatic carbocycles. The molecule has 3 heterocycles. The zero-order valence-corrected chi connectivity index (χ0v) is 18.8. The summed E-state index contributed by atoms with van der Waals surface area (Å²) in [7, 11) is -3.56. The summed E-state index contributed by atoms with van der Waals surface area (Å²) in [6, 6.07) is 7.18. The third kappa shape index (κ3) is 4.86. The van der Waals surface area contributed by atoms with E-state index < -0.39 is 10.0 Å². The molecule has 1 aliphatic heterocycles. The molecule has 0 radical (unpaired) electrons. The highest BCUT2D eigenvalue weighted by molar-refractivity contribution is 7.91. The molecule has 0 aromatic carbocycles. The molecule has 0 spiro atoms. The van der Waals surface area contributed by atoms with Crippen LogP contribution in [0.5, 0.6) is 0 Å². The Bertz CT molecular complexity index is 951. The van der Waals surface area contributed by atoms with Gasteiger partial charge in [0.1, 0.15) is 4.21 Å². The minimum absolute atomic E-state index is 0.0355. The summed E-state index contributed by atoms with van der Waals surface area (Å²) in [5.74, 6) is -0.383. The van der Waals surface area contributed by atoms with Crippen LogP contribution in [-0.2, 0) is 21.4 Å². The Balaban J connectivity index is 1.74. The second-order valence-corrected chi connectivity index (χ2v) is 12.0. The van der Waals surface area contributed by atoms with E-state index in [9.17, 15) is 13.2 Å². The Hall–Kier alpha value is -1.19. The summed E-state index contributed by atoms with van der Waals surface area (Å²) in [4.78, 5) is 16.8. The minimum atomic E-state index is -3.56. The normalized spacial score (nSPS) is 18.1. The van der Waals surface area contributed by atoms with E-state index >= 15 is 0 Å². The van der Waals surface area contributed by atoms with Crippen LogP contribution in [0.25, 0.3) is 0 Å². The van der Waals surface area contributed by atoms with Crippen molar-refractivity contribution < 1.29 is 13.2 Å². The van der Waals surface area contributed by atoms with Gasteiger partial charge in [0.05, 0.1) is 16.8 Å². The smallest absolute Gasteiger partial charge is 0.252 e. The van der Waals surface area contributed by atoms with Crippen molar-refractivity contribution in [1.29, 1.82) is 0 Å². The largest absolute Gasteiger partial charge is 0.334 e. The summed E-state index contributed by atoms with van der Waals surface area (Å²) in [6.07, 6.45) is 3.05. The number of aryl methyl sites for hydroxylation is 1. The lowest BCUT2D eigenvalue weighted by Crippen LogP contribution is -2.46. The van der Waals surface area contributed by atoms with Crippen LogP contribution >= 0.6 is 34.3 Å². The Morgan fingerprint density at radius 2 is 2.14 bits per heavy atom. The fraction of sp³-hybridized carbons (Fsp3) is 0.421. The number of thiophene rings is 2. The number of nitrogens with zero attached hydrogens (tertiary/aromatic N) is 2. The molecule has 1 fully saturated rings. The Kier molecular flexibility index (Phi) is 6.98. The molecule has 1 atom stereocenters. The lowest BCUT2D eigenvalue weighted by Gasteiger charge is -2.33. The van der Waals surface area contributed by atoms with Crippen molar-refractivity contribution in [1.82, 2.24) is 9.21 Å². The Morgan fingerprint density at radius 1 is 1.36 bits per heavy atom. The number of carbonyl (C=O) groups excluding carboxylic acids is 1. The number of hydrogen-bond donors (Lipinski definition) is 0. The van der Waals surface area contributed by atoms with E-state index in [1.54, 1.807) is 17.0 Å². The number of piperidine rings is 1. The topological polar surface area (TPSA) is 57.7 Å². The molecule has 2 aromatic rings. The Labute approximate surface area is 179 Å². The Morgan fingerprint density at radius 3 is 2.75 bits per heavy atom. The number of carbonyl (C=O) groups is 1. The van der Waals surface area contributed by atoms with Crippen molar-refractivity contribution in [2.24, 2.45) is 5.92 Å². The molecular weight excluding hydrogens is 436 g/mol. The molecule has 152 valence electrons. The van der Waals surface area contributed by atoms with Crippen LogP contribution in [0.1, 0.15) is 22.6 Å². The molecule has 1 unspecified atom stereocenters. The van der Waals surface area contributed by atoms with Crippen molar-refractivity contribution in [3.8, 4) is 0 Å². The van der Waals surface area contributed by atoms with Crippen molar-refractivity contribution in [3.63, 3.8) is 0 Å². The van der Waals surface area contributed by atoms with E-state index in [1.165, 1.54) is 27.0 Å². The van der Waals surface area contributed by atoms with Crippen LogP contribution in [-0.4, -0.2) is 43.2 Å². The number of rotatable bonds is 7. The molecular formula is C19H23ClN2O3S3. The van der Waals surface area contributed by atoms with Gasteiger partial charge in [-0.1, -0.05) is 17.7 Å². The fourth-order valence-electron chi connectivity index (χ4n) is 3.31. The molecule has 2 aromatic heterocycles. The SMILES string of the molecule is C=CCN(Cc1ccc(Cl)s1)C(=O)C1CCCN(S(=O)(=O)c2ccc(C)s2)C1. The molecule has 0 N–H and O–H groups in total. The molecule has 9 heteroatoms. The van der Waals surface area contributed by atoms with Gasteiger partial charge in [-0.05, 0) is 44.0 Å². The predicted molar refractivity (Wildman–Crippen MR) is 115 cm³/mol. The third-order valence-corrected chi connectivity index (χ3v) is 9.23. The first kappa shape index (κ1) is 21.5. The number of halogens is 1. The summed E-state index contributed by atoms with van der Waals surface area (Å²) >= 11 is 8.71. The summed E-state index contributed by atoms with van der Waals surface area (Å²) in [5.41, 5.74) is 0. The third-order valence-electron chi connectivity index (χ3n) is 4.68. The highest BCUT2D eigenvalue weighted by Crippen LogP contribution is 2.29. The molecule has 3 rings (SSSR count). The fourth-order valence-corrected chi connectivity index (χ4v) is 7.38. The molecule has 1 saturated heterocycles. The molecule has 0 bridgehead atoms. The van der Waals surface area contributed by atoms with Gasteiger partial charge < -0.3 is 4.90 Å². The first-order valence-electron chi connectivity index (χ1n) is 9.01.